The fourth-order valence-corrected chi connectivity index (χ4v) is 1.55. The van der Waals surface area contributed by atoms with E-state index in [0.717, 1.165) is 5.56 Å². The first-order valence-corrected chi connectivity index (χ1v) is 5.08. The molecular weight excluding hydrogens is 198 g/mol. The molecule has 0 N–H and O–H groups in total. The van der Waals surface area contributed by atoms with Crippen molar-refractivity contribution in [1.82, 2.24) is 0 Å². The van der Waals surface area contributed by atoms with Gasteiger partial charge in [0.15, 0.2) is 0 Å². The lowest BCUT2D eigenvalue weighted by Crippen LogP contribution is -2.11. The Morgan fingerprint density at radius 2 is 1.62 bits per heavy atom. The van der Waals surface area contributed by atoms with Gasteiger partial charge in [0.1, 0.15) is 0 Å². The van der Waals surface area contributed by atoms with Crippen LogP contribution in [-0.2, 0) is 9.84 Å². The lowest BCUT2D eigenvalue weighted by Gasteiger charge is -2.02. The first-order chi connectivity index (χ1) is 5.94. The first kappa shape index (κ1) is 10.1. The Morgan fingerprint density at radius 3 is 2.00 bits per heavy atom. The smallest absolute Gasteiger partial charge is 0.218 e. The molecule has 0 aromatic heterocycles. The van der Waals surface area contributed by atoms with Gasteiger partial charge in [-0.15, -0.1) is 0 Å². The van der Waals surface area contributed by atoms with Crippen LogP contribution in [0.3, 0.4) is 0 Å². The summed E-state index contributed by atoms with van der Waals surface area (Å²) in [6, 6.07) is 5.32. The van der Waals surface area contributed by atoms with E-state index in [0.29, 0.717) is 0 Å². The SMILES string of the molecule is Cc1ccc(S(=O)(=O)C(F)F)cc1. The van der Waals surface area contributed by atoms with Crippen molar-refractivity contribution < 1.29 is 17.2 Å². The van der Waals surface area contributed by atoms with Crippen LogP contribution in [0.4, 0.5) is 8.78 Å². The summed E-state index contributed by atoms with van der Waals surface area (Å²) in [5.74, 6) is -3.35. The van der Waals surface area contributed by atoms with Crippen molar-refractivity contribution in [2.75, 3.05) is 0 Å². The molecule has 0 atom stereocenters. The second-order valence-electron chi connectivity index (χ2n) is 2.62. The van der Waals surface area contributed by atoms with Gasteiger partial charge >= 0.3 is 5.76 Å². The average molecular weight is 206 g/mol. The zero-order chi connectivity index (χ0) is 10.1. The van der Waals surface area contributed by atoms with Crippen molar-refractivity contribution in [2.24, 2.45) is 0 Å². The largest absolute Gasteiger partial charge is 0.341 e. The minimum Gasteiger partial charge on any atom is -0.218 e. The lowest BCUT2D eigenvalue weighted by atomic mass is 10.2. The highest BCUT2D eigenvalue weighted by Crippen LogP contribution is 2.17. The summed E-state index contributed by atoms with van der Waals surface area (Å²) in [5.41, 5.74) is 0.827. The van der Waals surface area contributed by atoms with Crippen molar-refractivity contribution in [3.8, 4) is 0 Å². The minimum atomic E-state index is -4.43. The number of sulfone groups is 1. The first-order valence-electron chi connectivity index (χ1n) is 3.53. The number of aryl methyl sites for hydroxylation is 1. The topological polar surface area (TPSA) is 34.1 Å². The van der Waals surface area contributed by atoms with Crippen molar-refractivity contribution in [2.45, 2.75) is 17.6 Å². The molecule has 1 aromatic carbocycles. The molecule has 0 saturated heterocycles. The number of halogens is 2. The molecule has 5 heteroatoms. The third kappa shape index (κ3) is 2.03. The van der Waals surface area contributed by atoms with Crippen LogP contribution >= 0.6 is 0 Å². The van der Waals surface area contributed by atoms with E-state index in [1.54, 1.807) is 6.92 Å². The third-order valence-corrected chi connectivity index (χ3v) is 2.98. The van der Waals surface area contributed by atoms with Crippen LogP contribution < -0.4 is 0 Å². The Hall–Kier alpha value is -0.970. The fraction of sp³-hybridized carbons (Fsp3) is 0.250. The molecule has 0 aliphatic carbocycles. The molecule has 13 heavy (non-hydrogen) atoms. The molecule has 0 aliphatic rings. The van der Waals surface area contributed by atoms with Crippen molar-refractivity contribution >= 4 is 9.84 Å². The molecule has 1 rings (SSSR count). The molecule has 0 saturated carbocycles. The molecule has 0 radical (unpaired) electrons. The maximum absolute atomic E-state index is 12.0. The Morgan fingerprint density at radius 1 is 1.15 bits per heavy atom. The van der Waals surface area contributed by atoms with Crippen LogP contribution in [0, 0.1) is 6.92 Å². The number of alkyl halides is 2. The van der Waals surface area contributed by atoms with E-state index in [1.807, 2.05) is 0 Å². The molecule has 0 bridgehead atoms. The lowest BCUT2D eigenvalue weighted by molar-refractivity contribution is 0.234. The predicted molar refractivity (Wildman–Crippen MR) is 44.4 cm³/mol. The summed E-state index contributed by atoms with van der Waals surface area (Å²) >= 11 is 0. The number of benzene rings is 1. The second kappa shape index (κ2) is 3.41. The van der Waals surface area contributed by atoms with Crippen LogP contribution in [0.25, 0.3) is 0 Å². The van der Waals surface area contributed by atoms with Gasteiger partial charge in [-0.25, -0.2) is 8.42 Å². The molecule has 0 fully saturated rings. The van der Waals surface area contributed by atoms with Gasteiger partial charge in [0.2, 0.25) is 9.84 Å². The molecule has 0 aliphatic heterocycles. The summed E-state index contributed by atoms with van der Waals surface area (Å²) in [5, 5.41) is 0. The quantitative estimate of drug-likeness (QED) is 0.741. The second-order valence-corrected chi connectivity index (χ2v) is 4.54. The van der Waals surface area contributed by atoms with Gasteiger partial charge in [-0.1, -0.05) is 17.7 Å². The Kier molecular flexibility index (Phi) is 2.66. The third-order valence-electron chi connectivity index (χ3n) is 1.58. The maximum Gasteiger partial charge on any atom is 0.341 e. The standard InChI is InChI=1S/C8H8F2O2S/c1-6-2-4-7(5-3-6)13(11,12)8(9)10/h2-5,8H,1H3. The summed E-state index contributed by atoms with van der Waals surface area (Å²) in [4.78, 5) is -0.340. The summed E-state index contributed by atoms with van der Waals surface area (Å²) < 4.78 is 45.8. The van der Waals surface area contributed by atoms with Crippen LogP contribution in [-0.4, -0.2) is 14.2 Å². The monoisotopic (exact) mass is 206 g/mol. The van der Waals surface area contributed by atoms with E-state index in [9.17, 15) is 17.2 Å². The summed E-state index contributed by atoms with van der Waals surface area (Å²) in [7, 11) is -4.43. The molecule has 1 aromatic rings. The highest BCUT2D eigenvalue weighted by Gasteiger charge is 2.25. The van der Waals surface area contributed by atoms with Gasteiger partial charge in [-0.05, 0) is 19.1 Å². The summed E-state index contributed by atoms with van der Waals surface area (Å²) in [6.45, 7) is 1.75. The van der Waals surface area contributed by atoms with E-state index in [1.165, 1.54) is 24.3 Å². The molecular formula is C8H8F2O2S. The van der Waals surface area contributed by atoms with Crippen molar-refractivity contribution in [3.05, 3.63) is 29.8 Å². The predicted octanol–water partition coefficient (Wildman–Crippen LogP) is 1.99. The van der Waals surface area contributed by atoms with Gasteiger partial charge < -0.3 is 0 Å². The average Bonchev–Trinajstić information content (AvgIpc) is 2.04. The maximum atomic E-state index is 12.0. The molecule has 2 nitrogen and oxygen atoms in total. The summed E-state index contributed by atoms with van der Waals surface area (Å²) in [6.07, 6.45) is 0. The van der Waals surface area contributed by atoms with E-state index < -0.39 is 15.6 Å². The zero-order valence-corrected chi connectivity index (χ0v) is 7.68. The van der Waals surface area contributed by atoms with Crippen LogP contribution in [0.15, 0.2) is 29.2 Å². The van der Waals surface area contributed by atoms with Gasteiger partial charge in [-0.3, -0.25) is 0 Å². The number of hydrogen-bond acceptors (Lipinski definition) is 2. The Labute approximate surface area is 75.1 Å². The zero-order valence-electron chi connectivity index (χ0n) is 6.87. The highest BCUT2D eigenvalue weighted by atomic mass is 32.2. The van der Waals surface area contributed by atoms with E-state index in [4.69, 9.17) is 0 Å². The van der Waals surface area contributed by atoms with Crippen LogP contribution in [0.5, 0.6) is 0 Å². The molecule has 0 spiro atoms. The molecule has 0 amide bonds. The molecule has 72 valence electrons. The van der Waals surface area contributed by atoms with Gasteiger partial charge in [-0.2, -0.15) is 8.78 Å². The Balaban J connectivity index is 3.17. The van der Waals surface area contributed by atoms with Gasteiger partial charge in [0.25, 0.3) is 0 Å². The fourth-order valence-electron chi connectivity index (χ4n) is 0.831. The normalized spacial score (nSPS) is 12.0. The molecule has 0 unspecified atom stereocenters. The van der Waals surface area contributed by atoms with Gasteiger partial charge in [0, 0.05) is 0 Å². The van der Waals surface area contributed by atoms with E-state index >= 15 is 0 Å². The van der Waals surface area contributed by atoms with Crippen molar-refractivity contribution in [3.63, 3.8) is 0 Å². The minimum absolute atomic E-state index is 0.340. The Bertz CT molecular complexity index is 381. The van der Waals surface area contributed by atoms with E-state index in [-0.39, 0.29) is 4.90 Å². The van der Waals surface area contributed by atoms with E-state index in [2.05, 4.69) is 0 Å². The number of hydrogen-bond donors (Lipinski definition) is 0. The number of rotatable bonds is 2. The van der Waals surface area contributed by atoms with Gasteiger partial charge in [0.05, 0.1) is 4.90 Å². The van der Waals surface area contributed by atoms with Crippen LogP contribution in [0.1, 0.15) is 5.56 Å². The molecule has 0 heterocycles. The van der Waals surface area contributed by atoms with Crippen LogP contribution in [0.2, 0.25) is 0 Å². The highest BCUT2D eigenvalue weighted by molar-refractivity contribution is 7.91. The van der Waals surface area contributed by atoms with Crippen molar-refractivity contribution in [1.29, 1.82) is 0 Å².